The van der Waals surface area contributed by atoms with Gasteiger partial charge in [0.1, 0.15) is 5.15 Å². The Kier molecular flexibility index (Phi) is 2.59. The molecule has 0 amide bonds. The quantitative estimate of drug-likeness (QED) is 0.527. The molecule has 2 nitrogen and oxygen atoms in total. The normalized spacial score (nSPS) is 10.2. The molecule has 0 aliphatic heterocycles. The largest absolute Gasteiger partial charge is 0.302 e. The van der Waals surface area contributed by atoms with Crippen molar-refractivity contribution in [1.29, 1.82) is 0 Å². The van der Waals surface area contributed by atoms with Gasteiger partial charge in [0.05, 0.1) is 0 Å². The van der Waals surface area contributed by atoms with Gasteiger partial charge in [-0.3, -0.25) is 4.79 Å². The third kappa shape index (κ3) is 1.59. The predicted molar refractivity (Wildman–Crippen MR) is 54.1 cm³/mol. The third-order valence-corrected chi connectivity index (χ3v) is 3.20. The molecule has 0 N–H and O–H groups in total. The highest BCUT2D eigenvalue weighted by Gasteiger charge is 2.04. The van der Waals surface area contributed by atoms with Crippen LogP contribution in [0.3, 0.4) is 0 Å². The molecule has 0 aromatic carbocycles. The summed E-state index contributed by atoms with van der Waals surface area (Å²) in [5, 5.41) is 0.516. The molecule has 0 spiro atoms. The second-order valence-corrected chi connectivity index (χ2v) is 3.83. The zero-order valence-electron chi connectivity index (χ0n) is 6.19. The maximum absolute atomic E-state index is 11.1. The minimum absolute atomic E-state index is 0.0648. The molecule has 4 heteroatoms. The van der Waals surface area contributed by atoms with Crippen LogP contribution < -0.4 is 5.56 Å². The lowest BCUT2D eigenvalue weighted by atomic mass is 10.3. The van der Waals surface area contributed by atoms with Crippen LogP contribution in [0.1, 0.15) is 5.56 Å². The highest BCUT2D eigenvalue weighted by atomic mass is 127. The molecule has 11 heavy (non-hydrogen) atoms. The second-order valence-electron chi connectivity index (χ2n) is 2.31. The van der Waals surface area contributed by atoms with E-state index in [1.54, 1.807) is 13.1 Å². The number of hydrogen-bond acceptors (Lipinski definition) is 1. The summed E-state index contributed by atoms with van der Waals surface area (Å²) in [5.74, 6) is 0. The van der Waals surface area contributed by atoms with E-state index in [9.17, 15) is 4.79 Å². The topological polar surface area (TPSA) is 22.0 Å². The van der Waals surface area contributed by atoms with Crippen molar-refractivity contribution in [1.82, 2.24) is 4.57 Å². The zero-order chi connectivity index (χ0) is 8.59. The van der Waals surface area contributed by atoms with Crippen molar-refractivity contribution in [2.45, 2.75) is 6.92 Å². The SMILES string of the molecule is Cc1c(I)cc(=O)n(C)c1Cl. The number of aromatic nitrogens is 1. The van der Waals surface area contributed by atoms with Gasteiger partial charge in [0.2, 0.25) is 0 Å². The van der Waals surface area contributed by atoms with Crippen molar-refractivity contribution >= 4 is 34.2 Å². The summed E-state index contributed by atoms with van der Waals surface area (Å²) >= 11 is 7.94. The first-order valence-electron chi connectivity index (χ1n) is 3.05. The summed E-state index contributed by atoms with van der Waals surface area (Å²) in [6, 6.07) is 1.57. The van der Waals surface area contributed by atoms with E-state index in [4.69, 9.17) is 11.6 Å². The molecular weight excluding hydrogens is 276 g/mol. The standard InChI is InChI=1S/C7H7ClINO/c1-4-5(9)3-6(11)10(2)7(4)8/h3H,1-2H3. The van der Waals surface area contributed by atoms with Crippen LogP contribution in [0.15, 0.2) is 10.9 Å². The van der Waals surface area contributed by atoms with Crippen molar-refractivity contribution < 1.29 is 0 Å². The van der Waals surface area contributed by atoms with Crippen molar-refractivity contribution in [2.24, 2.45) is 7.05 Å². The Morgan fingerprint density at radius 3 is 2.73 bits per heavy atom. The van der Waals surface area contributed by atoms with Crippen molar-refractivity contribution in [3.63, 3.8) is 0 Å². The molecule has 1 heterocycles. The van der Waals surface area contributed by atoms with Crippen LogP contribution in [-0.4, -0.2) is 4.57 Å². The van der Waals surface area contributed by atoms with Crippen LogP contribution in [0, 0.1) is 10.5 Å². The van der Waals surface area contributed by atoms with Gasteiger partial charge in [-0.15, -0.1) is 0 Å². The van der Waals surface area contributed by atoms with Crippen LogP contribution >= 0.6 is 34.2 Å². The van der Waals surface area contributed by atoms with Gasteiger partial charge in [-0.2, -0.15) is 0 Å². The number of hydrogen-bond donors (Lipinski definition) is 0. The average molecular weight is 283 g/mol. The molecule has 0 fully saturated rings. The van der Waals surface area contributed by atoms with Crippen LogP contribution in [0.25, 0.3) is 0 Å². The van der Waals surface area contributed by atoms with Gasteiger partial charge in [-0.1, -0.05) is 11.6 Å². The molecule has 0 unspecified atom stereocenters. The zero-order valence-corrected chi connectivity index (χ0v) is 9.10. The summed E-state index contributed by atoms with van der Waals surface area (Å²) in [6.07, 6.45) is 0. The molecular formula is C7H7ClINO. The molecule has 0 aliphatic rings. The Morgan fingerprint density at radius 2 is 2.18 bits per heavy atom. The summed E-state index contributed by atoms with van der Waals surface area (Å²) < 4.78 is 2.34. The molecule has 1 aromatic heterocycles. The van der Waals surface area contributed by atoms with Gasteiger partial charge in [0.25, 0.3) is 5.56 Å². The highest BCUT2D eigenvalue weighted by molar-refractivity contribution is 14.1. The van der Waals surface area contributed by atoms with E-state index < -0.39 is 0 Å². The van der Waals surface area contributed by atoms with Crippen LogP contribution in [0.5, 0.6) is 0 Å². The Bertz CT molecular complexity index is 345. The minimum Gasteiger partial charge on any atom is -0.302 e. The number of rotatable bonds is 0. The predicted octanol–water partition coefficient (Wildman–Crippen LogP) is 1.95. The first-order chi connectivity index (χ1) is 5.04. The van der Waals surface area contributed by atoms with Crippen molar-refractivity contribution in [2.75, 3.05) is 0 Å². The lowest BCUT2D eigenvalue weighted by molar-refractivity contribution is 0.849. The monoisotopic (exact) mass is 283 g/mol. The summed E-state index contributed by atoms with van der Waals surface area (Å²) in [6.45, 7) is 1.89. The number of halogens is 2. The summed E-state index contributed by atoms with van der Waals surface area (Å²) in [4.78, 5) is 11.1. The number of nitrogens with zero attached hydrogens (tertiary/aromatic N) is 1. The Hall–Kier alpha value is -0.0300. The van der Waals surface area contributed by atoms with Crippen molar-refractivity contribution in [3.8, 4) is 0 Å². The first kappa shape index (κ1) is 9.06. The lowest BCUT2D eigenvalue weighted by Gasteiger charge is -2.05. The van der Waals surface area contributed by atoms with Gasteiger partial charge in [-0.25, -0.2) is 0 Å². The average Bonchev–Trinajstić information content (AvgIpc) is 1.97. The molecule has 1 rings (SSSR count). The minimum atomic E-state index is -0.0648. The van der Waals surface area contributed by atoms with Crippen molar-refractivity contribution in [3.05, 3.63) is 30.7 Å². The molecule has 0 radical (unpaired) electrons. The summed E-state index contributed by atoms with van der Waals surface area (Å²) in [5.41, 5.74) is 0.888. The van der Waals surface area contributed by atoms with Gasteiger partial charge < -0.3 is 4.57 Å². The van der Waals surface area contributed by atoms with Gasteiger partial charge in [-0.05, 0) is 35.1 Å². The fourth-order valence-corrected chi connectivity index (χ4v) is 1.63. The maximum Gasteiger partial charge on any atom is 0.252 e. The Morgan fingerprint density at radius 1 is 1.64 bits per heavy atom. The van der Waals surface area contributed by atoms with E-state index in [1.165, 1.54) is 4.57 Å². The van der Waals surface area contributed by atoms with Crippen LogP contribution in [0.2, 0.25) is 5.15 Å². The molecule has 60 valence electrons. The van der Waals surface area contributed by atoms with E-state index >= 15 is 0 Å². The second kappa shape index (κ2) is 3.15. The van der Waals surface area contributed by atoms with Gasteiger partial charge in [0.15, 0.2) is 0 Å². The Labute approximate surface area is 83.3 Å². The molecule has 0 aliphatic carbocycles. The fraction of sp³-hybridized carbons (Fsp3) is 0.286. The van der Waals surface area contributed by atoms with E-state index in [1.807, 2.05) is 6.92 Å². The van der Waals surface area contributed by atoms with Crippen LogP contribution in [0.4, 0.5) is 0 Å². The van der Waals surface area contributed by atoms with E-state index in [0.29, 0.717) is 5.15 Å². The van der Waals surface area contributed by atoms with Gasteiger partial charge >= 0.3 is 0 Å². The Balaban J connectivity index is 3.59. The van der Waals surface area contributed by atoms with E-state index in [2.05, 4.69) is 22.6 Å². The molecule has 0 saturated heterocycles. The van der Waals surface area contributed by atoms with Crippen LogP contribution in [-0.2, 0) is 7.05 Å². The maximum atomic E-state index is 11.1. The molecule has 0 atom stereocenters. The summed E-state index contributed by atoms with van der Waals surface area (Å²) in [7, 11) is 1.66. The third-order valence-electron chi connectivity index (χ3n) is 1.54. The molecule has 0 bridgehead atoms. The van der Waals surface area contributed by atoms with E-state index in [0.717, 1.165) is 9.13 Å². The number of pyridine rings is 1. The lowest BCUT2D eigenvalue weighted by Crippen LogP contribution is -2.17. The highest BCUT2D eigenvalue weighted by Crippen LogP contribution is 2.16. The van der Waals surface area contributed by atoms with E-state index in [-0.39, 0.29) is 5.56 Å². The van der Waals surface area contributed by atoms with Gasteiger partial charge in [0, 0.05) is 16.7 Å². The molecule has 0 saturated carbocycles. The fourth-order valence-electron chi connectivity index (χ4n) is 0.760. The molecule has 1 aromatic rings. The first-order valence-corrected chi connectivity index (χ1v) is 4.51. The smallest absolute Gasteiger partial charge is 0.252 e.